The maximum Gasteiger partial charge on any atom is 0.265 e. The summed E-state index contributed by atoms with van der Waals surface area (Å²) < 4.78 is 0. The molecule has 0 unspecified atom stereocenters. The van der Waals surface area contributed by atoms with Gasteiger partial charge >= 0.3 is 0 Å². The standard InChI is InChI=1S/C15H14N2O2S/c18-14(16-12-7-8-12)10-3-5-11(6-4-10)17-15(19)13-2-1-9-20-13/h1-6,9,12H,7-8H2,(H,16,18)(H,17,19). The van der Waals surface area contributed by atoms with Gasteiger partial charge in [-0.05, 0) is 48.6 Å². The number of anilines is 1. The summed E-state index contributed by atoms with van der Waals surface area (Å²) in [6, 6.07) is 10.9. The summed E-state index contributed by atoms with van der Waals surface area (Å²) in [5.74, 6) is -0.182. The molecule has 3 rings (SSSR count). The number of rotatable bonds is 4. The van der Waals surface area contributed by atoms with Gasteiger partial charge in [-0.2, -0.15) is 0 Å². The van der Waals surface area contributed by atoms with Gasteiger partial charge in [0.15, 0.2) is 0 Å². The van der Waals surface area contributed by atoms with Crippen LogP contribution in [0.2, 0.25) is 0 Å². The maximum atomic E-state index is 11.9. The molecule has 0 bridgehead atoms. The number of nitrogens with one attached hydrogen (secondary N) is 2. The van der Waals surface area contributed by atoms with Gasteiger partial charge in [-0.3, -0.25) is 9.59 Å². The average molecular weight is 286 g/mol. The zero-order chi connectivity index (χ0) is 13.9. The van der Waals surface area contributed by atoms with Crippen LogP contribution >= 0.6 is 11.3 Å². The minimum Gasteiger partial charge on any atom is -0.349 e. The van der Waals surface area contributed by atoms with Gasteiger partial charge in [-0.15, -0.1) is 11.3 Å². The van der Waals surface area contributed by atoms with E-state index in [4.69, 9.17) is 0 Å². The third-order valence-corrected chi connectivity index (χ3v) is 3.93. The molecule has 2 amide bonds. The van der Waals surface area contributed by atoms with Crippen LogP contribution in [0.25, 0.3) is 0 Å². The van der Waals surface area contributed by atoms with Crippen molar-refractivity contribution >= 4 is 28.8 Å². The molecule has 0 saturated heterocycles. The van der Waals surface area contributed by atoms with E-state index in [0.29, 0.717) is 22.2 Å². The van der Waals surface area contributed by atoms with Crippen molar-refractivity contribution in [3.8, 4) is 0 Å². The molecule has 0 aliphatic heterocycles. The summed E-state index contributed by atoms with van der Waals surface area (Å²) in [7, 11) is 0. The van der Waals surface area contributed by atoms with Gasteiger partial charge in [0, 0.05) is 17.3 Å². The van der Waals surface area contributed by atoms with Crippen molar-refractivity contribution in [2.24, 2.45) is 0 Å². The van der Waals surface area contributed by atoms with Gasteiger partial charge in [-0.1, -0.05) is 6.07 Å². The average Bonchev–Trinajstić information content (AvgIpc) is 3.08. The monoisotopic (exact) mass is 286 g/mol. The zero-order valence-electron chi connectivity index (χ0n) is 10.8. The van der Waals surface area contributed by atoms with Gasteiger partial charge in [-0.25, -0.2) is 0 Å². The fourth-order valence-electron chi connectivity index (χ4n) is 1.80. The number of hydrogen-bond acceptors (Lipinski definition) is 3. The zero-order valence-corrected chi connectivity index (χ0v) is 11.6. The highest BCUT2D eigenvalue weighted by Crippen LogP contribution is 2.20. The fraction of sp³-hybridized carbons (Fsp3) is 0.200. The minimum atomic E-state index is -0.129. The summed E-state index contributed by atoms with van der Waals surface area (Å²) in [5, 5.41) is 7.59. The molecule has 102 valence electrons. The Labute approximate surface area is 120 Å². The number of thiophene rings is 1. The van der Waals surface area contributed by atoms with Crippen molar-refractivity contribution in [3.05, 3.63) is 52.2 Å². The first-order valence-electron chi connectivity index (χ1n) is 6.48. The second-order valence-electron chi connectivity index (χ2n) is 4.76. The Balaban J connectivity index is 1.63. The van der Waals surface area contributed by atoms with E-state index in [-0.39, 0.29) is 11.8 Å². The molecule has 0 spiro atoms. The van der Waals surface area contributed by atoms with E-state index in [0.717, 1.165) is 12.8 Å². The van der Waals surface area contributed by atoms with Gasteiger partial charge in [0.2, 0.25) is 0 Å². The first-order valence-corrected chi connectivity index (χ1v) is 7.36. The lowest BCUT2D eigenvalue weighted by molar-refractivity contribution is 0.0950. The number of carbonyl (C=O) groups is 2. The molecular formula is C15H14N2O2S. The van der Waals surface area contributed by atoms with Gasteiger partial charge in [0.25, 0.3) is 11.8 Å². The van der Waals surface area contributed by atoms with Crippen molar-refractivity contribution in [3.63, 3.8) is 0 Å². The normalized spacial score (nSPS) is 13.8. The smallest absolute Gasteiger partial charge is 0.265 e. The second kappa shape index (κ2) is 5.46. The molecule has 1 aliphatic rings. The summed E-state index contributed by atoms with van der Waals surface area (Å²) in [6.07, 6.45) is 2.14. The number of hydrogen-bond donors (Lipinski definition) is 2. The van der Waals surface area contributed by atoms with Crippen LogP contribution < -0.4 is 10.6 Å². The molecule has 0 atom stereocenters. The first kappa shape index (κ1) is 12.9. The predicted octanol–water partition coefficient (Wildman–Crippen LogP) is 2.89. The summed E-state index contributed by atoms with van der Waals surface area (Å²) in [6.45, 7) is 0. The third-order valence-electron chi connectivity index (χ3n) is 3.06. The second-order valence-corrected chi connectivity index (χ2v) is 5.70. The molecule has 1 aromatic carbocycles. The Hall–Kier alpha value is -2.14. The number of carbonyl (C=O) groups excluding carboxylic acids is 2. The Morgan fingerprint density at radius 3 is 2.40 bits per heavy atom. The van der Waals surface area contributed by atoms with Crippen LogP contribution in [0.4, 0.5) is 5.69 Å². The Kier molecular flexibility index (Phi) is 3.52. The van der Waals surface area contributed by atoms with E-state index in [9.17, 15) is 9.59 Å². The highest BCUT2D eigenvalue weighted by molar-refractivity contribution is 7.12. The van der Waals surface area contributed by atoms with Crippen LogP contribution in [0.3, 0.4) is 0 Å². The molecule has 4 nitrogen and oxygen atoms in total. The number of amides is 2. The third kappa shape index (κ3) is 3.05. The summed E-state index contributed by atoms with van der Waals surface area (Å²) in [5.41, 5.74) is 1.30. The molecule has 1 heterocycles. The van der Waals surface area contributed by atoms with E-state index in [2.05, 4.69) is 10.6 Å². The van der Waals surface area contributed by atoms with E-state index in [1.807, 2.05) is 11.4 Å². The van der Waals surface area contributed by atoms with Crippen molar-refractivity contribution in [1.82, 2.24) is 5.32 Å². The largest absolute Gasteiger partial charge is 0.349 e. The molecule has 1 aliphatic carbocycles. The summed E-state index contributed by atoms with van der Waals surface area (Å²) in [4.78, 5) is 24.4. The lowest BCUT2D eigenvalue weighted by atomic mass is 10.2. The van der Waals surface area contributed by atoms with E-state index >= 15 is 0 Å². The number of benzene rings is 1. The molecule has 0 radical (unpaired) electrons. The maximum absolute atomic E-state index is 11.9. The van der Waals surface area contributed by atoms with Crippen LogP contribution in [0, 0.1) is 0 Å². The highest BCUT2D eigenvalue weighted by atomic mass is 32.1. The van der Waals surface area contributed by atoms with Gasteiger partial charge < -0.3 is 10.6 Å². The fourth-order valence-corrected chi connectivity index (χ4v) is 2.42. The Bertz CT molecular complexity index is 616. The van der Waals surface area contributed by atoms with Crippen molar-refractivity contribution in [2.75, 3.05) is 5.32 Å². The van der Waals surface area contributed by atoms with Crippen LogP contribution in [0.1, 0.15) is 32.9 Å². The quantitative estimate of drug-likeness (QED) is 0.908. The molecule has 1 aromatic heterocycles. The molecule has 1 saturated carbocycles. The van der Waals surface area contributed by atoms with Gasteiger partial charge in [0.05, 0.1) is 4.88 Å². The topological polar surface area (TPSA) is 58.2 Å². The van der Waals surface area contributed by atoms with E-state index in [1.165, 1.54) is 11.3 Å². The van der Waals surface area contributed by atoms with Crippen LogP contribution in [-0.4, -0.2) is 17.9 Å². The predicted molar refractivity (Wildman–Crippen MR) is 79.2 cm³/mol. The molecule has 20 heavy (non-hydrogen) atoms. The molecule has 5 heteroatoms. The highest BCUT2D eigenvalue weighted by Gasteiger charge is 2.23. The Morgan fingerprint density at radius 1 is 1.05 bits per heavy atom. The van der Waals surface area contributed by atoms with Crippen molar-refractivity contribution < 1.29 is 9.59 Å². The van der Waals surface area contributed by atoms with Crippen LogP contribution in [0.5, 0.6) is 0 Å². The molecular weight excluding hydrogens is 272 g/mol. The minimum absolute atomic E-state index is 0.0522. The van der Waals surface area contributed by atoms with Crippen LogP contribution in [-0.2, 0) is 0 Å². The molecule has 2 aromatic rings. The molecule has 1 fully saturated rings. The van der Waals surface area contributed by atoms with Crippen molar-refractivity contribution in [2.45, 2.75) is 18.9 Å². The Morgan fingerprint density at radius 2 is 1.80 bits per heavy atom. The lowest BCUT2D eigenvalue weighted by Crippen LogP contribution is -2.25. The van der Waals surface area contributed by atoms with E-state index < -0.39 is 0 Å². The first-order chi connectivity index (χ1) is 9.72. The van der Waals surface area contributed by atoms with Crippen molar-refractivity contribution in [1.29, 1.82) is 0 Å². The SMILES string of the molecule is O=C(NC1CC1)c1ccc(NC(=O)c2cccs2)cc1. The van der Waals surface area contributed by atoms with Crippen LogP contribution in [0.15, 0.2) is 41.8 Å². The lowest BCUT2D eigenvalue weighted by Gasteiger charge is -2.06. The molecule has 2 N–H and O–H groups in total. The summed E-state index contributed by atoms with van der Waals surface area (Å²) >= 11 is 1.40. The van der Waals surface area contributed by atoms with E-state index in [1.54, 1.807) is 30.3 Å². The van der Waals surface area contributed by atoms with Gasteiger partial charge in [0.1, 0.15) is 0 Å².